The molecule has 2 heterocycles. The van der Waals surface area contributed by atoms with Gasteiger partial charge in [-0.15, -0.1) is 0 Å². The lowest BCUT2D eigenvalue weighted by Crippen LogP contribution is -2.63. The van der Waals surface area contributed by atoms with Crippen LogP contribution in [0.3, 0.4) is 0 Å². The minimum absolute atomic E-state index is 0.00714. The summed E-state index contributed by atoms with van der Waals surface area (Å²) in [6, 6.07) is 10.5. The summed E-state index contributed by atoms with van der Waals surface area (Å²) in [5, 5.41) is 3.27. The van der Waals surface area contributed by atoms with Gasteiger partial charge in [0.25, 0.3) is 5.91 Å². The van der Waals surface area contributed by atoms with Crippen LogP contribution >= 0.6 is 0 Å². The lowest BCUT2D eigenvalue weighted by Gasteiger charge is -2.52. The topological polar surface area (TPSA) is 104 Å². The summed E-state index contributed by atoms with van der Waals surface area (Å²) in [6.07, 6.45) is 7.62. The van der Waals surface area contributed by atoms with Crippen LogP contribution in [0.1, 0.15) is 48.3 Å². The Labute approximate surface area is 176 Å². The van der Waals surface area contributed by atoms with Gasteiger partial charge in [-0.25, -0.2) is 14.8 Å². The second-order valence-electron chi connectivity index (χ2n) is 8.53. The van der Waals surface area contributed by atoms with E-state index in [0.29, 0.717) is 12.2 Å². The summed E-state index contributed by atoms with van der Waals surface area (Å²) in [6.45, 7) is 0.589. The highest BCUT2D eigenvalue weighted by Gasteiger charge is 2.47. The number of anilines is 1. The molecule has 2 fully saturated rings. The molecule has 3 N–H and O–H groups in total. The molecule has 1 aromatic heterocycles. The Morgan fingerprint density at radius 1 is 1.07 bits per heavy atom. The van der Waals surface area contributed by atoms with Crippen molar-refractivity contribution in [1.82, 2.24) is 20.2 Å². The predicted octanol–water partition coefficient (Wildman–Crippen LogP) is 2.27. The average Bonchev–Trinajstić information content (AvgIpc) is 2.75. The Morgan fingerprint density at radius 3 is 2.23 bits per heavy atom. The smallest absolute Gasteiger partial charge is 0.322 e. The molecule has 0 unspecified atom stereocenters. The van der Waals surface area contributed by atoms with Crippen LogP contribution in [0, 0.1) is 0 Å². The summed E-state index contributed by atoms with van der Waals surface area (Å²) in [5.41, 5.74) is 6.89. The lowest BCUT2D eigenvalue weighted by atomic mass is 9.67. The number of nitrogens with one attached hydrogen (secondary N) is 1. The molecule has 8 heteroatoms. The van der Waals surface area contributed by atoms with Crippen molar-refractivity contribution in [2.75, 3.05) is 25.5 Å². The van der Waals surface area contributed by atoms with Crippen molar-refractivity contribution in [2.24, 2.45) is 5.73 Å². The molecule has 1 saturated carbocycles. The van der Waals surface area contributed by atoms with Crippen LogP contribution in [-0.2, 0) is 5.54 Å². The summed E-state index contributed by atoms with van der Waals surface area (Å²) >= 11 is 0. The van der Waals surface area contributed by atoms with Crippen LogP contribution in [0.5, 0.6) is 0 Å². The minimum Gasteiger partial charge on any atom is -0.363 e. The number of carbonyl (C=O) groups is 2. The normalized spacial score (nSPS) is 26.6. The first-order chi connectivity index (χ1) is 14.4. The zero-order valence-corrected chi connectivity index (χ0v) is 17.5. The summed E-state index contributed by atoms with van der Waals surface area (Å²) in [4.78, 5) is 35.9. The van der Waals surface area contributed by atoms with Crippen molar-refractivity contribution >= 4 is 17.6 Å². The van der Waals surface area contributed by atoms with E-state index in [-0.39, 0.29) is 22.9 Å². The fourth-order valence-electron chi connectivity index (χ4n) is 4.88. The molecule has 2 aliphatic rings. The molecule has 0 bridgehead atoms. The maximum atomic E-state index is 12.9. The molecular weight excluding hydrogens is 380 g/mol. The predicted molar refractivity (Wildman–Crippen MR) is 114 cm³/mol. The van der Waals surface area contributed by atoms with E-state index >= 15 is 0 Å². The third-order valence-corrected chi connectivity index (χ3v) is 6.80. The first-order valence-corrected chi connectivity index (χ1v) is 10.3. The zero-order chi connectivity index (χ0) is 21.4. The number of nitrogens with zero attached hydrogens (tertiary/aromatic N) is 4. The van der Waals surface area contributed by atoms with Gasteiger partial charge in [-0.2, -0.15) is 0 Å². The summed E-state index contributed by atoms with van der Waals surface area (Å²) in [7, 11) is 4.28. The average molecular weight is 409 g/mol. The Bertz CT molecular complexity index is 920. The molecule has 2 aromatic rings. The van der Waals surface area contributed by atoms with Crippen LogP contribution in [0.25, 0.3) is 0 Å². The van der Waals surface area contributed by atoms with Gasteiger partial charge in [0.15, 0.2) is 0 Å². The maximum Gasteiger partial charge on any atom is 0.322 e. The summed E-state index contributed by atoms with van der Waals surface area (Å²) < 4.78 is 0. The highest BCUT2D eigenvalue weighted by Crippen LogP contribution is 2.46. The zero-order valence-electron chi connectivity index (χ0n) is 17.5. The molecule has 3 amide bonds. The maximum absolute atomic E-state index is 12.9. The first kappa shape index (κ1) is 20.3. The number of hydrogen-bond donors (Lipinski definition) is 2. The van der Waals surface area contributed by atoms with Crippen molar-refractivity contribution in [3.8, 4) is 0 Å². The Kier molecular flexibility index (Phi) is 5.19. The quantitative estimate of drug-likeness (QED) is 0.808. The van der Waals surface area contributed by atoms with Gasteiger partial charge in [0, 0.05) is 17.6 Å². The van der Waals surface area contributed by atoms with Gasteiger partial charge in [-0.05, 0) is 51.8 Å². The highest BCUT2D eigenvalue weighted by molar-refractivity contribution is 5.93. The third kappa shape index (κ3) is 3.52. The van der Waals surface area contributed by atoms with Crippen LogP contribution in [-0.4, -0.2) is 53.0 Å². The monoisotopic (exact) mass is 408 g/mol. The van der Waals surface area contributed by atoms with Crippen molar-refractivity contribution in [2.45, 2.75) is 43.2 Å². The van der Waals surface area contributed by atoms with Crippen molar-refractivity contribution in [1.29, 1.82) is 0 Å². The fraction of sp³-hybridized carbons (Fsp3) is 0.455. The molecule has 1 aliphatic carbocycles. The van der Waals surface area contributed by atoms with Gasteiger partial charge >= 0.3 is 6.03 Å². The van der Waals surface area contributed by atoms with E-state index in [1.807, 2.05) is 6.07 Å². The molecule has 1 spiro atoms. The standard InChI is InChI=1S/C22H28N6O2/c1-27(2)22(16-6-4-3-5-7-16)10-8-21(9-11-22)12-13-28(20(30)26-21)17-14-24-19(18(23)29)25-15-17/h3-7,14-15H,8-13H2,1-2H3,(H2,23,29)(H,26,30). The molecule has 0 radical (unpaired) electrons. The number of benzene rings is 1. The number of nitrogens with two attached hydrogens (primary N) is 1. The van der Waals surface area contributed by atoms with Gasteiger partial charge < -0.3 is 11.1 Å². The van der Waals surface area contributed by atoms with Crippen molar-refractivity contribution < 1.29 is 9.59 Å². The molecule has 1 saturated heterocycles. The Morgan fingerprint density at radius 2 is 1.70 bits per heavy atom. The Balaban J connectivity index is 1.47. The number of amides is 3. The number of urea groups is 1. The van der Waals surface area contributed by atoms with Gasteiger partial charge in [0.05, 0.1) is 18.1 Å². The second-order valence-corrected chi connectivity index (χ2v) is 8.53. The third-order valence-electron chi connectivity index (χ3n) is 6.80. The lowest BCUT2D eigenvalue weighted by molar-refractivity contribution is 0.0526. The first-order valence-electron chi connectivity index (χ1n) is 10.3. The van der Waals surface area contributed by atoms with Gasteiger partial charge in [-0.1, -0.05) is 30.3 Å². The van der Waals surface area contributed by atoms with E-state index in [1.54, 1.807) is 4.90 Å². The van der Waals surface area contributed by atoms with Crippen molar-refractivity contribution in [3.05, 3.63) is 54.1 Å². The largest absolute Gasteiger partial charge is 0.363 e. The summed E-state index contributed by atoms with van der Waals surface area (Å²) in [5.74, 6) is -0.741. The van der Waals surface area contributed by atoms with Gasteiger partial charge in [0.1, 0.15) is 0 Å². The van der Waals surface area contributed by atoms with E-state index < -0.39 is 5.91 Å². The number of aromatic nitrogens is 2. The number of rotatable bonds is 4. The van der Waals surface area contributed by atoms with Crippen LogP contribution in [0.4, 0.5) is 10.5 Å². The number of primary amides is 1. The van der Waals surface area contributed by atoms with E-state index in [9.17, 15) is 9.59 Å². The molecule has 1 aromatic carbocycles. The fourth-order valence-corrected chi connectivity index (χ4v) is 4.88. The second kappa shape index (κ2) is 7.68. The molecule has 8 nitrogen and oxygen atoms in total. The van der Waals surface area contributed by atoms with E-state index in [2.05, 4.69) is 58.5 Å². The SMILES string of the molecule is CN(C)C1(c2ccccc2)CCC2(CCN(c3cnc(C(N)=O)nc3)C(=O)N2)CC1. The molecular formula is C22H28N6O2. The number of carbonyl (C=O) groups excluding carboxylic acids is 2. The molecule has 30 heavy (non-hydrogen) atoms. The molecule has 158 valence electrons. The minimum atomic E-state index is -0.686. The van der Waals surface area contributed by atoms with Gasteiger partial charge in [-0.3, -0.25) is 14.6 Å². The van der Waals surface area contributed by atoms with Crippen LogP contribution in [0.15, 0.2) is 42.7 Å². The molecule has 4 rings (SSSR count). The Hall–Kier alpha value is -3.00. The van der Waals surface area contributed by atoms with Crippen LogP contribution in [0.2, 0.25) is 0 Å². The molecule has 1 aliphatic heterocycles. The molecule has 0 atom stereocenters. The van der Waals surface area contributed by atoms with Gasteiger partial charge in [0.2, 0.25) is 5.82 Å². The van der Waals surface area contributed by atoms with E-state index in [4.69, 9.17) is 5.73 Å². The van der Waals surface area contributed by atoms with Crippen LogP contribution < -0.4 is 16.0 Å². The van der Waals surface area contributed by atoms with Crippen molar-refractivity contribution in [3.63, 3.8) is 0 Å². The van der Waals surface area contributed by atoms with E-state index in [0.717, 1.165) is 32.1 Å². The van der Waals surface area contributed by atoms with E-state index in [1.165, 1.54) is 18.0 Å². The highest BCUT2D eigenvalue weighted by atomic mass is 16.2. The number of hydrogen-bond acceptors (Lipinski definition) is 5.